The van der Waals surface area contributed by atoms with Crippen molar-refractivity contribution in [3.8, 4) is 6.07 Å². The Hall–Kier alpha value is -2.95. The van der Waals surface area contributed by atoms with Gasteiger partial charge in [-0.15, -0.1) is 6.58 Å². The van der Waals surface area contributed by atoms with E-state index >= 15 is 0 Å². The largest absolute Gasteiger partial charge is 0.334 e. The molecule has 168 valence electrons. The van der Waals surface area contributed by atoms with Crippen molar-refractivity contribution in [2.75, 3.05) is 19.6 Å². The molecule has 0 N–H and O–H groups in total. The number of hydrogen-bond donors (Lipinski definition) is 0. The molecule has 2 aromatic carbocycles. The van der Waals surface area contributed by atoms with E-state index in [1.54, 1.807) is 35.2 Å². The summed E-state index contributed by atoms with van der Waals surface area (Å²) in [5, 5.41) is 8.96. The summed E-state index contributed by atoms with van der Waals surface area (Å²) >= 11 is 0. The Bertz CT molecular complexity index is 1130. The predicted octanol–water partition coefficient (Wildman–Crippen LogP) is 3.79. The van der Waals surface area contributed by atoms with Gasteiger partial charge in [-0.2, -0.15) is 9.57 Å². The van der Waals surface area contributed by atoms with E-state index < -0.39 is 10.0 Å². The van der Waals surface area contributed by atoms with Gasteiger partial charge in [0.1, 0.15) is 0 Å². The van der Waals surface area contributed by atoms with Crippen molar-refractivity contribution in [1.29, 1.82) is 5.26 Å². The Morgan fingerprint density at radius 1 is 1.16 bits per heavy atom. The van der Waals surface area contributed by atoms with Crippen LogP contribution in [0.25, 0.3) is 0 Å². The number of amides is 1. The molecular formula is C25H29N3O3S. The van der Waals surface area contributed by atoms with E-state index in [0.717, 1.165) is 16.7 Å². The van der Waals surface area contributed by atoms with Crippen molar-refractivity contribution in [1.82, 2.24) is 9.21 Å². The van der Waals surface area contributed by atoms with E-state index in [4.69, 9.17) is 5.26 Å². The number of rotatable bonds is 7. The molecule has 1 heterocycles. The molecule has 0 bridgehead atoms. The first kappa shape index (κ1) is 23.7. The van der Waals surface area contributed by atoms with Crippen molar-refractivity contribution < 1.29 is 13.2 Å². The van der Waals surface area contributed by atoms with Crippen LogP contribution >= 0.6 is 0 Å². The second-order valence-corrected chi connectivity index (χ2v) is 10.2. The highest BCUT2D eigenvalue weighted by atomic mass is 32.2. The van der Waals surface area contributed by atoms with Crippen LogP contribution in [0.3, 0.4) is 0 Å². The number of carbonyl (C=O) groups is 1. The van der Waals surface area contributed by atoms with E-state index in [2.05, 4.69) is 12.6 Å². The molecule has 0 radical (unpaired) electrons. The molecular weight excluding hydrogens is 422 g/mol. The molecule has 0 saturated carbocycles. The van der Waals surface area contributed by atoms with Gasteiger partial charge >= 0.3 is 0 Å². The zero-order chi connectivity index (χ0) is 23.3. The van der Waals surface area contributed by atoms with Crippen LogP contribution in [0.15, 0.2) is 60.0 Å². The number of benzene rings is 2. The first-order chi connectivity index (χ1) is 15.3. The molecule has 1 aliphatic rings. The third-order valence-corrected chi connectivity index (χ3v) is 7.93. The van der Waals surface area contributed by atoms with Gasteiger partial charge in [-0.05, 0) is 67.6 Å². The number of carbonyl (C=O) groups excluding carboxylic acids is 1. The van der Waals surface area contributed by atoms with Gasteiger partial charge < -0.3 is 4.90 Å². The Morgan fingerprint density at radius 3 is 2.38 bits per heavy atom. The SMILES string of the molecule is C=CCN(Cc1ccc(C#N)cc1)C(=O)C1CCN(S(=O)(=O)c2ccc(C)c(C)c2)CC1. The molecule has 0 spiro atoms. The van der Waals surface area contributed by atoms with E-state index in [1.807, 2.05) is 32.0 Å². The van der Waals surface area contributed by atoms with Gasteiger partial charge in [-0.25, -0.2) is 8.42 Å². The maximum atomic E-state index is 13.2. The third kappa shape index (κ3) is 5.26. The molecule has 1 fully saturated rings. The Kier molecular flexibility index (Phi) is 7.49. The van der Waals surface area contributed by atoms with Gasteiger partial charge in [-0.3, -0.25) is 4.79 Å². The minimum absolute atomic E-state index is 0.0116. The second kappa shape index (κ2) is 10.1. The Labute approximate surface area is 190 Å². The summed E-state index contributed by atoms with van der Waals surface area (Å²) < 4.78 is 27.6. The standard InChI is InChI=1S/C25H29N3O3S/c1-4-13-27(18-22-8-6-21(17-26)7-9-22)25(29)23-11-14-28(15-12-23)32(30,31)24-10-5-19(2)20(3)16-24/h4-10,16,23H,1,11-15,18H2,2-3H3. The van der Waals surface area contributed by atoms with E-state index in [1.165, 1.54) is 4.31 Å². The first-order valence-corrected chi connectivity index (χ1v) is 12.2. The highest BCUT2D eigenvalue weighted by Gasteiger charge is 2.33. The minimum Gasteiger partial charge on any atom is -0.334 e. The lowest BCUT2D eigenvalue weighted by Gasteiger charge is -2.33. The van der Waals surface area contributed by atoms with Crippen molar-refractivity contribution >= 4 is 15.9 Å². The second-order valence-electron chi connectivity index (χ2n) is 8.24. The van der Waals surface area contributed by atoms with E-state index in [-0.39, 0.29) is 11.8 Å². The highest BCUT2D eigenvalue weighted by Crippen LogP contribution is 2.26. The lowest BCUT2D eigenvalue weighted by molar-refractivity contribution is -0.136. The molecule has 7 heteroatoms. The highest BCUT2D eigenvalue weighted by molar-refractivity contribution is 7.89. The molecule has 3 rings (SSSR count). The summed E-state index contributed by atoms with van der Waals surface area (Å²) in [5.41, 5.74) is 3.51. The molecule has 0 aromatic heterocycles. The molecule has 0 unspecified atom stereocenters. The van der Waals surface area contributed by atoms with E-state index in [0.29, 0.717) is 49.5 Å². The molecule has 6 nitrogen and oxygen atoms in total. The van der Waals surface area contributed by atoms with Gasteiger partial charge in [0, 0.05) is 32.1 Å². The van der Waals surface area contributed by atoms with Crippen LogP contribution in [0.5, 0.6) is 0 Å². The quantitative estimate of drug-likeness (QED) is 0.600. The van der Waals surface area contributed by atoms with Crippen LogP contribution in [-0.4, -0.2) is 43.2 Å². The van der Waals surface area contributed by atoms with E-state index in [9.17, 15) is 13.2 Å². The Balaban J connectivity index is 1.66. The first-order valence-electron chi connectivity index (χ1n) is 10.7. The lowest BCUT2D eigenvalue weighted by Crippen LogP contribution is -2.44. The van der Waals surface area contributed by atoms with Crippen molar-refractivity contribution in [2.45, 2.75) is 38.1 Å². The zero-order valence-corrected chi connectivity index (χ0v) is 19.4. The molecule has 2 aromatic rings. The van der Waals surface area contributed by atoms with Gasteiger partial charge in [0.05, 0.1) is 16.5 Å². The lowest BCUT2D eigenvalue weighted by atomic mass is 9.96. The average Bonchev–Trinajstić information content (AvgIpc) is 2.80. The van der Waals surface area contributed by atoms with Crippen LogP contribution in [-0.2, 0) is 21.4 Å². The van der Waals surface area contributed by atoms with Gasteiger partial charge in [0.15, 0.2) is 0 Å². The average molecular weight is 452 g/mol. The summed E-state index contributed by atoms with van der Waals surface area (Å²) in [4.78, 5) is 15.2. The van der Waals surface area contributed by atoms with Gasteiger partial charge in [0.25, 0.3) is 0 Å². The molecule has 1 aliphatic heterocycles. The normalized spacial score (nSPS) is 15.2. The monoisotopic (exact) mass is 451 g/mol. The summed E-state index contributed by atoms with van der Waals surface area (Å²) in [6.07, 6.45) is 2.68. The minimum atomic E-state index is -3.57. The number of hydrogen-bond acceptors (Lipinski definition) is 4. The van der Waals surface area contributed by atoms with Crippen molar-refractivity contribution in [2.24, 2.45) is 5.92 Å². The Morgan fingerprint density at radius 2 is 1.81 bits per heavy atom. The van der Waals surface area contributed by atoms with Crippen LogP contribution < -0.4 is 0 Å². The fourth-order valence-corrected chi connectivity index (χ4v) is 5.47. The third-order valence-electron chi connectivity index (χ3n) is 6.04. The van der Waals surface area contributed by atoms with Crippen LogP contribution in [0.2, 0.25) is 0 Å². The van der Waals surface area contributed by atoms with Gasteiger partial charge in [-0.1, -0.05) is 24.3 Å². The fraction of sp³-hybridized carbons (Fsp3) is 0.360. The molecule has 0 atom stereocenters. The number of sulfonamides is 1. The molecule has 32 heavy (non-hydrogen) atoms. The summed E-state index contributed by atoms with van der Waals surface area (Å²) in [6, 6.07) is 14.5. The number of aryl methyl sites for hydroxylation is 2. The van der Waals surface area contributed by atoms with Crippen molar-refractivity contribution in [3.05, 3.63) is 77.4 Å². The van der Waals surface area contributed by atoms with Crippen LogP contribution in [0, 0.1) is 31.1 Å². The topological polar surface area (TPSA) is 81.5 Å². The maximum Gasteiger partial charge on any atom is 0.243 e. The molecule has 1 amide bonds. The predicted molar refractivity (Wildman–Crippen MR) is 124 cm³/mol. The summed E-state index contributed by atoms with van der Waals surface area (Å²) in [5.74, 6) is -0.211. The van der Waals surface area contributed by atoms with Gasteiger partial charge in [0.2, 0.25) is 15.9 Å². The number of nitriles is 1. The maximum absolute atomic E-state index is 13.2. The smallest absolute Gasteiger partial charge is 0.243 e. The number of nitrogens with zero attached hydrogens (tertiary/aromatic N) is 3. The molecule has 1 saturated heterocycles. The number of piperidine rings is 1. The summed E-state index contributed by atoms with van der Waals surface area (Å²) in [7, 11) is -3.57. The zero-order valence-electron chi connectivity index (χ0n) is 18.6. The fourth-order valence-electron chi connectivity index (χ4n) is 3.92. The van der Waals surface area contributed by atoms with Crippen LogP contribution in [0.4, 0.5) is 0 Å². The van der Waals surface area contributed by atoms with Crippen molar-refractivity contribution in [3.63, 3.8) is 0 Å². The summed E-state index contributed by atoms with van der Waals surface area (Å²) in [6.45, 7) is 9.11. The van der Waals surface area contributed by atoms with Crippen LogP contribution in [0.1, 0.15) is 35.1 Å². The molecule has 0 aliphatic carbocycles.